The van der Waals surface area contributed by atoms with E-state index in [1.165, 1.54) is 22.3 Å². The molecule has 0 aliphatic carbocycles. The van der Waals surface area contributed by atoms with Gasteiger partial charge in [-0.05, 0) is 75.0 Å². The molecule has 1 N–H and O–H groups in total. The minimum Gasteiger partial charge on any atom is -0.496 e. The van der Waals surface area contributed by atoms with Crippen LogP contribution in [0.4, 0.5) is 10.9 Å². The maximum atomic E-state index is 5.52. The Balaban J connectivity index is 1.40. The summed E-state index contributed by atoms with van der Waals surface area (Å²) < 4.78 is 5.52. The number of benzene rings is 1. The molecule has 0 spiro atoms. The number of nitrogens with zero attached hydrogens (tertiary/aromatic N) is 4. The molecule has 3 aromatic rings. The highest BCUT2D eigenvalue weighted by atomic mass is 32.1. The number of anilines is 2. The van der Waals surface area contributed by atoms with E-state index in [1.54, 1.807) is 30.8 Å². The second kappa shape index (κ2) is 9.10. The van der Waals surface area contributed by atoms with Crippen LogP contribution in [-0.2, 0) is 6.54 Å². The van der Waals surface area contributed by atoms with Gasteiger partial charge in [0.1, 0.15) is 5.75 Å². The van der Waals surface area contributed by atoms with E-state index in [-0.39, 0.29) is 0 Å². The number of hydrogen-bond acceptors (Lipinski definition) is 7. The van der Waals surface area contributed by atoms with Crippen LogP contribution in [0.5, 0.6) is 5.75 Å². The van der Waals surface area contributed by atoms with E-state index in [0.29, 0.717) is 5.92 Å². The summed E-state index contributed by atoms with van der Waals surface area (Å²) in [6.07, 6.45) is 7.66. The third-order valence-electron chi connectivity index (χ3n) is 6.14. The minimum atomic E-state index is 0.451. The molecule has 158 valence electrons. The molecule has 0 atom stereocenters. The molecule has 6 nitrogen and oxygen atoms in total. The second-order valence-electron chi connectivity index (χ2n) is 7.97. The van der Waals surface area contributed by atoms with Crippen molar-refractivity contribution in [3.8, 4) is 5.75 Å². The lowest BCUT2D eigenvalue weighted by molar-refractivity contribution is 0.202. The predicted octanol–water partition coefficient (Wildman–Crippen LogP) is 4.99. The molecule has 0 unspecified atom stereocenters. The van der Waals surface area contributed by atoms with Gasteiger partial charge in [-0.1, -0.05) is 0 Å². The van der Waals surface area contributed by atoms with Crippen molar-refractivity contribution in [1.29, 1.82) is 0 Å². The number of aryl methyl sites for hydroxylation is 1. The molecule has 30 heavy (non-hydrogen) atoms. The summed E-state index contributed by atoms with van der Waals surface area (Å²) in [7, 11) is 1.75. The zero-order chi connectivity index (χ0) is 21.1. The summed E-state index contributed by atoms with van der Waals surface area (Å²) >= 11 is 1.56. The number of piperidine rings is 1. The maximum Gasteiger partial charge on any atom is 0.188 e. The van der Waals surface area contributed by atoms with Crippen molar-refractivity contribution in [2.24, 2.45) is 0 Å². The summed E-state index contributed by atoms with van der Waals surface area (Å²) in [6, 6.07) is 2.17. The Morgan fingerprint density at radius 2 is 1.97 bits per heavy atom. The van der Waals surface area contributed by atoms with Crippen molar-refractivity contribution in [2.75, 3.05) is 25.5 Å². The molecule has 1 aliphatic heterocycles. The molecule has 0 saturated carbocycles. The summed E-state index contributed by atoms with van der Waals surface area (Å²) in [5.41, 5.74) is 6.41. The highest BCUT2D eigenvalue weighted by molar-refractivity contribution is 7.13. The SMILES string of the molecule is COc1cc(C)c(CN2CCC(c3cncc(Nc4nccs4)n3)CC2)c(C)c1C. The van der Waals surface area contributed by atoms with Crippen molar-refractivity contribution in [2.45, 2.75) is 46.1 Å². The first-order chi connectivity index (χ1) is 14.5. The second-order valence-corrected chi connectivity index (χ2v) is 8.86. The molecule has 1 aliphatic rings. The Morgan fingerprint density at radius 3 is 2.67 bits per heavy atom. The lowest BCUT2D eigenvalue weighted by Gasteiger charge is -2.32. The lowest BCUT2D eigenvalue weighted by atomic mass is 9.92. The van der Waals surface area contributed by atoms with Gasteiger partial charge in [-0.15, -0.1) is 11.3 Å². The average molecular weight is 424 g/mol. The molecule has 4 rings (SSSR count). The molecule has 0 amide bonds. The Morgan fingerprint density at radius 1 is 1.17 bits per heavy atom. The molecule has 0 bridgehead atoms. The molecule has 7 heteroatoms. The summed E-state index contributed by atoms with van der Waals surface area (Å²) in [5.74, 6) is 2.20. The average Bonchev–Trinajstić information content (AvgIpc) is 3.27. The number of hydrogen-bond donors (Lipinski definition) is 1. The molecule has 3 heterocycles. The Kier molecular flexibility index (Phi) is 6.29. The maximum absolute atomic E-state index is 5.52. The normalized spacial score (nSPS) is 15.3. The van der Waals surface area contributed by atoms with Crippen LogP contribution >= 0.6 is 11.3 Å². The van der Waals surface area contributed by atoms with Crippen LogP contribution in [0.2, 0.25) is 0 Å². The third-order valence-corrected chi connectivity index (χ3v) is 6.82. The van der Waals surface area contributed by atoms with Crippen LogP contribution in [0.3, 0.4) is 0 Å². The highest BCUT2D eigenvalue weighted by Gasteiger charge is 2.23. The van der Waals surface area contributed by atoms with E-state index >= 15 is 0 Å². The molecule has 1 saturated heterocycles. The van der Waals surface area contributed by atoms with Crippen LogP contribution in [0.1, 0.15) is 46.7 Å². The molecular formula is C23H29N5OS. The molecule has 2 aromatic heterocycles. The summed E-state index contributed by atoms with van der Waals surface area (Å²) in [6.45, 7) is 9.68. The highest BCUT2D eigenvalue weighted by Crippen LogP contribution is 2.31. The zero-order valence-corrected chi connectivity index (χ0v) is 18.9. The van der Waals surface area contributed by atoms with E-state index in [4.69, 9.17) is 9.72 Å². The Bertz CT molecular complexity index is 997. The third kappa shape index (κ3) is 4.47. The molecule has 1 fully saturated rings. The first-order valence-corrected chi connectivity index (χ1v) is 11.3. The number of thiazole rings is 1. The van der Waals surface area contributed by atoms with Gasteiger partial charge in [-0.3, -0.25) is 9.88 Å². The van der Waals surface area contributed by atoms with Gasteiger partial charge in [0.05, 0.1) is 19.0 Å². The van der Waals surface area contributed by atoms with Gasteiger partial charge in [0.15, 0.2) is 10.9 Å². The number of rotatable bonds is 6. The van der Waals surface area contributed by atoms with E-state index < -0.39 is 0 Å². The van der Waals surface area contributed by atoms with Crippen LogP contribution in [-0.4, -0.2) is 40.1 Å². The van der Waals surface area contributed by atoms with Crippen molar-refractivity contribution < 1.29 is 4.74 Å². The van der Waals surface area contributed by atoms with Crippen LogP contribution in [0.25, 0.3) is 0 Å². The van der Waals surface area contributed by atoms with E-state index in [1.807, 2.05) is 11.6 Å². The summed E-state index contributed by atoms with van der Waals surface area (Å²) in [4.78, 5) is 16.0. The molecular weight excluding hydrogens is 394 g/mol. The van der Waals surface area contributed by atoms with Gasteiger partial charge in [-0.2, -0.15) is 0 Å². The van der Waals surface area contributed by atoms with Crippen molar-refractivity contribution in [1.82, 2.24) is 19.9 Å². The number of methoxy groups -OCH3 is 1. The fourth-order valence-corrected chi connectivity index (χ4v) is 4.73. The minimum absolute atomic E-state index is 0.451. The number of ether oxygens (including phenoxy) is 1. The first-order valence-electron chi connectivity index (χ1n) is 10.4. The van der Waals surface area contributed by atoms with Gasteiger partial charge in [0.25, 0.3) is 0 Å². The van der Waals surface area contributed by atoms with Crippen LogP contribution in [0.15, 0.2) is 30.0 Å². The van der Waals surface area contributed by atoms with E-state index in [2.05, 4.69) is 47.0 Å². The largest absolute Gasteiger partial charge is 0.496 e. The van der Waals surface area contributed by atoms with Crippen molar-refractivity contribution in [3.05, 3.63) is 58.0 Å². The van der Waals surface area contributed by atoms with E-state index in [9.17, 15) is 0 Å². The van der Waals surface area contributed by atoms with E-state index in [0.717, 1.165) is 54.9 Å². The van der Waals surface area contributed by atoms with Gasteiger partial charge < -0.3 is 10.1 Å². The zero-order valence-electron chi connectivity index (χ0n) is 18.1. The standard InChI is InChI=1S/C23H29N5OS/c1-15-11-21(29-4)17(3)16(2)19(15)14-28-8-5-18(6-9-28)20-12-24-13-22(26-20)27-23-25-7-10-30-23/h7,10-13,18H,5-6,8-9,14H2,1-4H3,(H,25,26,27). The first kappa shape index (κ1) is 20.8. The van der Waals surface area contributed by atoms with Gasteiger partial charge >= 0.3 is 0 Å². The Hall–Kier alpha value is -2.51. The fourth-order valence-electron chi connectivity index (χ4n) is 4.20. The van der Waals surface area contributed by atoms with Gasteiger partial charge in [0, 0.05) is 30.2 Å². The predicted molar refractivity (Wildman–Crippen MR) is 122 cm³/mol. The number of nitrogens with one attached hydrogen (secondary N) is 1. The smallest absolute Gasteiger partial charge is 0.188 e. The molecule has 0 radical (unpaired) electrons. The summed E-state index contributed by atoms with van der Waals surface area (Å²) in [5, 5.41) is 6.04. The quantitative estimate of drug-likeness (QED) is 0.603. The van der Waals surface area contributed by atoms with Crippen molar-refractivity contribution >= 4 is 22.3 Å². The number of likely N-dealkylation sites (tertiary alicyclic amines) is 1. The van der Waals surface area contributed by atoms with Gasteiger partial charge in [-0.25, -0.2) is 9.97 Å². The monoisotopic (exact) mass is 423 g/mol. The Labute approximate surface area is 182 Å². The molecule has 1 aromatic carbocycles. The van der Waals surface area contributed by atoms with Crippen LogP contribution < -0.4 is 10.1 Å². The fraction of sp³-hybridized carbons (Fsp3) is 0.435. The topological polar surface area (TPSA) is 63.2 Å². The lowest BCUT2D eigenvalue weighted by Crippen LogP contribution is -2.33. The number of aromatic nitrogens is 3. The van der Waals surface area contributed by atoms with Crippen molar-refractivity contribution in [3.63, 3.8) is 0 Å². The van der Waals surface area contributed by atoms with Gasteiger partial charge in [0.2, 0.25) is 0 Å². The van der Waals surface area contributed by atoms with Crippen LogP contribution in [0, 0.1) is 20.8 Å².